The Hall–Kier alpha value is -2.74. The van der Waals surface area contributed by atoms with E-state index in [1.807, 2.05) is 62.4 Å². The minimum Gasteiger partial charge on any atom is -0.245 e. The molecule has 0 bridgehead atoms. The number of hydrogen-bond acceptors (Lipinski definition) is 1. The molecule has 112 valence electrons. The quantitative estimate of drug-likeness (QED) is 0.404. The summed E-state index contributed by atoms with van der Waals surface area (Å²) in [4.78, 5) is 4.60. The van der Waals surface area contributed by atoms with Crippen LogP contribution in [-0.2, 0) is 0 Å². The van der Waals surface area contributed by atoms with Gasteiger partial charge in [-0.1, -0.05) is 47.5 Å². The van der Waals surface area contributed by atoms with Gasteiger partial charge in [-0.15, -0.1) is 0 Å². The topological polar surface area (TPSA) is 12.9 Å². The van der Waals surface area contributed by atoms with E-state index in [0.717, 1.165) is 38.4 Å². The molecule has 4 rings (SSSR count). The number of hydrogen-bond donors (Lipinski definition) is 0. The molecule has 0 spiro atoms. The van der Waals surface area contributed by atoms with Crippen LogP contribution in [0.3, 0.4) is 0 Å². The van der Waals surface area contributed by atoms with Gasteiger partial charge in [-0.2, -0.15) is 0 Å². The Balaban J connectivity index is 2.02. The Morgan fingerprint density at radius 3 is 2.30 bits per heavy atom. The van der Waals surface area contributed by atoms with Gasteiger partial charge >= 0.3 is 0 Å². The molecule has 0 amide bonds. The minimum absolute atomic E-state index is 0.279. The molecule has 0 N–H and O–H groups in total. The number of aryl methyl sites for hydroxylation is 2. The molecule has 1 aromatic heterocycles. The van der Waals surface area contributed by atoms with Gasteiger partial charge in [0.1, 0.15) is 11.5 Å². The van der Waals surface area contributed by atoms with Gasteiger partial charge in [-0.3, -0.25) is 0 Å². The summed E-state index contributed by atoms with van der Waals surface area (Å²) in [6.07, 6.45) is 0. The monoisotopic (exact) mass is 301 g/mol. The largest absolute Gasteiger partial charge is 0.245 e. The van der Waals surface area contributed by atoms with Gasteiger partial charge in [0.25, 0.3) is 0 Å². The zero-order valence-electron chi connectivity index (χ0n) is 13.1. The molecular weight excluding hydrogens is 285 g/mol. The molecule has 1 nitrogen and oxygen atoms in total. The first-order valence-electron chi connectivity index (χ1n) is 7.68. The summed E-state index contributed by atoms with van der Waals surface area (Å²) < 4.78 is 14.7. The second kappa shape index (κ2) is 5.17. The minimum atomic E-state index is -0.279. The molecule has 4 aromatic rings. The van der Waals surface area contributed by atoms with Crippen LogP contribution in [-0.4, -0.2) is 4.98 Å². The third-order valence-electron chi connectivity index (χ3n) is 4.17. The Morgan fingerprint density at radius 1 is 0.783 bits per heavy atom. The zero-order chi connectivity index (χ0) is 16.0. The second-order valence-corrected chi connectivity index (χ2v) is 6.05. The average molecular weight is 301 g/mol. The van der Waals surface area contributed by atoms with Crippen LogP contribution < -0.4 is 0 Å². The van der Waals surface area contributed by atoms with Crippen molar-refractivity contribution in [3.63, 3.8) is 0 Å². The molecular formula is C21H16FN. The predicted octanol–water partition coefficient (Wildman–Crippen LogP) is 5.81. The maximum Gasteiger partial charge on any atom is 0.150 e. The Labute approximate surface area is 134 Å². The molecule has 3 aromatic carbocycles. The van der Waals surface area contributed by atoms with Crippen LogP contribution in [0.2, 0.25) is 0 Å². The van der Waals surface area contributed by atoms with E-state index in [0.29, 0.717) is 5.69 Å². The van der Waals surface area contributed by atoms with Crippen LogP contribution >= 0.6 is 0 Å². The fraction of sp³-hybridized carbons (Fsp3) is 0.0952. The first-order chi connectivity index (χ1) is 11.1. The Morgan fingerprint density at radius 2 is 1.52 bits per heavy atom. The van der Waals surface area contributed by atoms with Crippen molar-refractivity contribution in [2.24, 2.45) is 0 Å². The van der Waals surface area contributed by atoms with Crippen molar-refractivity contribution in [2.75, 3.05) is 0 Å². The van der Waals surface area contributed by atoms with Crippen LogP contribution in [0, 0.1) is 19.7 Å². The highest BCUT2D eigenvalue weighted by molar-refractivity contribution is 6.06. The van der Waals surface area contributed by atoms with Gasteiger partial charge in [0.2, 0.25) is 0 Å². The van der Waals surface area contributed by atoms with Crippen LogP contribution in [0.25, 0.3) is 32.9 Å². The third-order valence-corrected chi connectivity index (χ3v) is 4.17. The van der Waals surface area contributed by atoms with Crippen molar-refractivity contribution >= 4 is 21.7 Å². The van der Waals surface area contributed by atoms with Gasteiger partial charge < -0.3 is 0 Å². The number of halogens is 1. The van der Waals surface area contributed by atoms with Crippen LogP contribution in [0.15, 0.2) is 60.7 Å². The number of nitrogens with zero attached hydrogens (tertiary/aromatic N) is 1. The summed E-state index contributed by atoms with van der Waals surface area (Å²) in [6, 6.07) is 19.6. The second-order valence-electron chi connectivity index (χ2n) is 6.05. The molecule has 1 heterocycles. The van der Waals surface area contributed by atoms with Crippen molar-refractivity contribution in [3.05, 3.63) is 77.6 Å². The van der Waals surface area contributed by atoms with E-state index >= 15 is 0 Å². The lowest BCUT2D eigenvalue weighted by atomic mass is 10.0. The summed E-state index contributed by atoms with van der Waals surface area (Å²) in [5.41, 5.74) is 4.29. The fourth-order valence-electron chi connectivity index (χ4n) is 3.22. The van der Waals surface area contributed by atoms with E-state index in [1.54, 1.807) is 6.07 Å². The molecule has 2 heteroatoms. The van der Waals surface area contributed by atoms with Crippen molar-refractivity contribution in [1.82, 2.24) is 4.98 Å². The molecule has 0 unspecified atom stereocenters. The molecule has 0 aliphatic heterocycles. The number of aromatic nitrogens is 1. The molecule has 0 radical (unpaired) electrons. The van der Waals surface area contributed by atoms with Crippen molar-refractivity contribution in [1.29, 1.82) is 0 Å². The summed E-state index contributed by atoms with van der Waals surface area (Å²) in [5.74, 6) is -0.279. The average Bonchev–Trinajstić information content (AvgIpc) is 2.53. The van der Waals surface area contributed by atoms with Crippen LogP contribution in [0.4, 0.5) is 4.39 Å². The highest BCUT2D eigenvalue weighted by atomic mass is 19.1. The lowest BCUT2D eigenvalue weighted by Gasteiger charge is -2.09. The normalized spacial score (nSPS) is 11.3. The van der Waals surface area contributed by atoms with Crippen molar-refractivity contribution in [3.8, 4) is 11.3 Å². The van der Waals surface area contributed by atoms with Crippen LogP contribution in [0.5, 0.6) is 0 Å². The lowest BCUT2D eigenvalue weighted by Crippen LogP contribution is -1.93. The van der Waals surface area contributed by atoms with Gasteiger partial charge in [-0.25, -0.2) is 9.37 Å². The predicted molar refractivity (Wildman–Crippen MR) is 94.1 cm³/mol. The summed E-state index contributed by atoms with van der Waals surface area (Å²) in [6.45, 7) is 4.03. The molecule has 0 fully saturated rings. The van der Waals surface area contributed by atoms with Gasteiger partial charge in [-0.05, 0) is 48.9 Å². The maximum absolute atomic E-state index is 14.7. The van der Waals surface area contributed by atoms with Gasteiger partial charge in [0.05, 0.1) is 5.52 Å². The summed E-state index contributed by atoms with van der Waals surface area (Å²) in [7, 11) is 0. The molecule has 0 aliphatic rings. The standard InChI is InChI=1S/C21H16FN/c1-13-9-14(2)11-16(10-13)21-19(22)12-18-17-6-4-3-5-15(17)7-8-20(18)23-21/h3-12H,1-2H3. The third kappa shape index (κ3) is 2.36. The fourth-order valence-corrected chi connectivity index (χ4v) is 3.22. The maximum atomic E-state index is 14.7. The van der Waals surface area contributed by atoms with E-state index < -0.39 is 0 Å². The van der Waals surface area contributed by atoms with E-state index in [-0.39, 0.29) is 5.82 Å². The smallest absolute Gasteiger partial charge is 0.150 e. The summed E-state index contributed by atoms with van der Waals surface area (Å²) in [5, 5.41) is 2.98. The van der Waals surface area contributed by atoms with E-state index in [1.165, 1.54) is 0 Å². The Bertz CT molecular complexity index is 1030. The van der Waals surface area contributed by atoms with E-state index in [2.05, 4.69) is 11.1 Å². The molecule has 0 saturated carbocycles. The van der Waals surface area contributed by atoms with Crippen molar-refractivity contribution < 1.29 is 4.39 Å². The van der Waals surface area contributed by atoms with Gasteiger partial charge in [0.15, 0.2) is 0 Å². The van der Waals surface area contributed by atoms with E-state index in [9.17, 15) is 4.39 Å². The highest BCUT2D eigenvalue weighted by Crippen LogP contribution is 2.30. The number of benzene rings is 3. The lowest BCUT2D eigenvalue weighted by molar-refractivity contribution is 0.628. The molecule has 0 saturated heterocycles. The molecule has 0 atom stereocenters. The Kier molecular flexibility index (Phi) is 3.12. The number of fused-ring (bicyclic) bond motifs is 3. The number of rotatable bonds is 1. The first-order valence-corrected chi connectivity index (χ1v) is 7.68. The number of pyridine rings is 1. The summed E-state index contributed by atoms with van der Waals surface area (Å²) >= 11 is 0. The van der Waals surface area contributed by atoms with E-state index in [4.69, 9.17) is 0 Å². The van der Waals surface area contributed by atoms with Crippen molar-refractivity contribution in [2.45, 2.75) is 13.8 Å². The molecule has 0 aliphatic carbocycles. The van der Waals surface area contributed by atoms with Crippen LogP contribution in [0.1, 0.15) is 11.1 Å². The van der Waals surface area contributed by atoms with Gasteiger partial charge in [0, 0.05) is 10.9 Å². The molecule has 23 heavy (non-hydrogen) atoms. The first kappa shape index (κ1) is 13.9. The highest BCUT2D eigenvalue weighted by Gasteiger charge is 2.11. The SMILES string of the molecule is Cc1cc(C)cc(-c2nc3ccc4ccccc4c3cc2F)c1. The zero-order valence-corrected chi connectivity index (χ0v) is 13.1.